The molecule has 8 nitrogen and oxygen atoms in total. The first-order valence-electron chi connectivity index (χ1n) is 34.3. The van der Waals surface area contributed by atoms with Gasteiger partial charge in [-0.3, -0.25) is 0 Å². The molecule has 0 aliphatic rings. The third-order valence-electron chi connectivity index (χ3n) is 18.8. The van der Waals surface area contributed by atoms with Crippen LogP contribution in [0.1, 0.15) is 0 Å². The molecule has 0 saturated heterocycles. The molecule has 488 valence electrons. The first kappa shape index (κ1) is 62.3. The molecule has 6 heterocycles. The summed E-state index contributed by atoms with van der Waals surface area (Å²) in [6.07, 6.45) is 0. The lowest BCUT2D eigenvalue weighted by Crippen LogP contribution is -2.00. The van der Waals surface area contributed by atoms with E-state index in [9.17, 15) is 0 Å². The molecule has 0 N–H and O–H groups in total. The Bertz CT molecular complexity index is 6410. The topological polar surface area (TPSA) is 103 Å². The highest BCUT2D eigenvalue weighted by Gasteiger charge is 2.23. The molecule has 20 aromatic rings. The smallest absolute Gasteiger partial charge is 0.164 e. The normalized spacial score (nSPS) is 11.5. The van der Waals surface area contributed by atoms with Crippen molar-refractivity contribution in [3.8, 4) is 134 Å². The Labute approximate surface area is 615 Å². The molecule has 12 heteroatoms. The van der Waals surface area contributed by atoms with Crippen molar-refractivity contribution in [1.82, 2.24) is 39.9 Å². The number of aromatic nitrogens is 8. The summed E-state index contributed by atoms with van der Waals surface area (Å²) in [5, 5.41) is 6.70. The lowest BCUT2D eigenvalue weighted by atomic mass is 10.0. The van der Waals surface area contributed by atoms with Gasteiger partial charge in [0.2, 0.25) is 0 Å². The first-order chi connectivity index (χ1) is 51.5. The zero-order chi connectivity index (χ0) is 68.9. The Hall–Kier alpha value is -12.7. The molecule has 20 rings (SSSR count). The number of rotatable bonds is 12. The molecular formula is C92H56N8S4. The Morgan fingerprint density at radius 3 is 0.846 bits per heavy atom. The fraction of sp³-hybridized carbons (Fsp3) is 0. The second kappa shape index (κ2) is 27.0. The molecule has 0 atom stereocenters. The second-order valence-corrected chi connectivity index (χ2v) is 29.5. The molecule has 0 unspecified atom stereocenters. The van der Waals surface area contributed by atoms with E-state index >= 15 is 0 Å². The van der Waals surface area contributed by atoms with E-state index < -0.39 is 0 Å². The number of para-hydroxylation sites is 2. The molecular weight excluding hydrogens is 1350 g/mol. The molecule has 0 bridgehead atoms. The highest BCUT2D eigenvalue weighted by molar-refractivity contribution is 7.28. The number of nitrogens with zero attached hydrogens (tertiary/aromatic N) is 8. The minimum absolute atomic E-state index is 0.636. The van der Waals surface area contributed by atoms with E-state index in [-0.39, 0.29) is 0 Å². The standard InChI is InChI=1S/2C46H28N4S2/c1-3-12-29(13-4-1)31-24-26-32(27-25-31)43-48-44(34-17-9-16-33(28-34)30-14-5-2-6-15-30)50-45(49-43)36-19-11-23-40-41(36)35-18-10-20-37(42(35)51-40)46-47-38-21-7-8-22-39(38)52-46;1-3-11-29(12-4-1)31-21-25-33(26-22-31)43-48-44(34-27-23-32(24-28-34)30-13-5-2-6-14-30)50-45(49-43)36-16-10-20-40-41(36)35-15-9-17-37(42(35)51-40)46-47-38-18-7-8-19-39(38)52-46/h2*1-28H. The Balaban J connectivity index is 0.000000143. The summed E-state index contributed by atoms with van der Waals surface area (Å²) in [5.41, 5.74) is 19.3. The number of hydrogen-bond donors (Lipinski definition) is 0. The summed E-state index contributed by atoms with van der Waals surface area (Å²) in [4.78, 5) is 41.0. The zero-order valence-electron chi connectivity index (χ0n) is 55.5. The quantitative estimate of drug-likeness (QED) is 0.119. The third-order valence-corrected chi connectivity index (χ3v) is 23.4. The Morgan fingerprint density at radius 1 is 0.173 bits per heavy atom. The minimum atomic E-state index is 0.636. The van der Waals surface area contributed by atoms with Crippen molar-refractivity contribution in [2.75, 3.05) is 0 Å². The SMILES string of the molecule is c1ccc(-c2ccc(-c3nc(-c4ccc(-c5ccccc5)cc4)nc(-c4cccc5sc6c(-c7nc8ccccc8s7)cccc6c45)n3)cc2)cc1.c1ccc(-c2ccc(-c3nc(-c4cccc(-c5ccccc5)c4)nc(-c4cccc5sc6c(-c7nc8ccccc8s7)cccc6c45)n3)cc2)cc1. The highest BCUT2D eigenvalue weighted by atomic mass is 32.1. The monoisotopic (exact) mass is 1400 g/mol. The highest BCUT2D eigenvalue weighted by Crippen LogP contribution is 2.48. The summed E-state index contributed by atoms with van der Waals surface area (Å²) in [7, 11) is 0. The van der Waals surface area contributed by atoms with E-state index in [4.69, 9.17) is 39.9 Å². The number of thiazole rings is 2. The van der Waals surface area contributed by atoms with E-state index in [0.29, 0.717) is 34.9 Å². The number of thiophene rings is 2. The lowest BCUT2D eigenvalue weighted by molar-refractivity contribution is 1.08. The molecule has 0 saturated carbocycles. The Morgan fingerprint density at radius 2 is 0.452 bits per heavy atom. The van der Waals surface area contributed by atoms with Gasteiger partial charge in [-0.2, -0.15) is 0 Å². The summed E-state index contributed by atoms with van der Waals surface area (Å²) < 4.78 is 7.17. The van der Waals surface area contributed by atoms with Crippen molar-refractivity contribution in [3.05, 3.63) is 340 Å². The average Bonchev–Trinajstić information content (AvgIpc) is 1.59. The minimum Gasteiger partial charge on any atom is -0.236 e. The van der Waals surface area contributed by atoms with Crippen molar-refractivity contribution in [1.29, 1.82) is 0 Å². The van der Waals surface area contributed by atoms with Gasteiger partial charge in [0.1, 0.15) is 10.0 Å². The zero-order valence-corrected chi connectivity index (χ0v) is 58.8. The molecule has 0 spiro atoms. The van der Waals surface area contributed by atoms with Gasteiger partial charge in [-0.05, 0) is 87.0 Å². The van der Waals surface area contributed by atoms with Gasteiger partial charge >= 0.3 is 0 Å². The van der Waals surface area contributed by atoms with Gasteiger partial charge in [-0.25, -0.2) is 39.9 Å². The fourth-order valence-electron chi connectivity index (χ4n) is 13.7. The van der Waals surface area contributed by atoms with Gasteiger partial charge in [-0.1, -0.05) is 297 Å². The van der Waals surface area contributed by atoms with Crippen molar-refractivity contribution < 1.29 is 0 Å². The molecule has 0 aliphatic carbocycles. The van der Waals surface area contributed by atoms with Crippen molar-refractivity contribution in [3.63, 3.8) is 0 Å². The number of fused-ring (bicyclic) bond motifs is 8. The van der Waals surface area contributed by atoms with Crippen molar-refractivity contribution in [2.45, 2.75) is 0 Å². The van der Waals surface area contributed by atoms with Crippen LogP contribution in [0.2, 0.25) is 0 Å². The van der Waals surface area contributed by atoms with Crippen molar-refractivity contribution >= 4 is 106 Å². The summed E-state index contributed by atoms with van der Waals surface area (Å²) in [6, 6.07) is 118. The lowest BCUT2D eigenvalue weighted by Gasteiger charge is -2.11. The van der Waals surface area contributed by atoms with Crippen LogP contribution in [-0.2, 0) is 0 Å². The van der Waals surface area contributed by atoms with E-state index in [1.54, 1.807) is 45.3 Å². The largest absolute Gasteiger partial charge is 0.236 e. The molecule has 0 radical (unpaired) electrons. The molecule has 6 aromatic heterocycles. The van der Waals surface area contributed by atoms with Gasteiger partial charge in [-0.15, -0.1) is 45.3 Å². The van der Waals surface area contributed by atoms with E-state index in [0.717, 1.165) is 104 Å². The summed E-state index contributed by atoms with van der Waals surface area (Å²) in [6.45, 7) is 0. The van der Waals surface area contributed by atoms with E-state index in [2.05, 4.69) is 303 Å². The predicted molar refractivity (Wildman–Crippen MR) is 437 cm³/mol. The third kappa shape index (κ3) is 12.0. The summed E-state index contributed by atoms with van der Waals surface area (Å²) >= 11 is 7.07. The van der Waals surface area contributed by atoms with E-state index in [1.807, 2.05) is 36.4 Å². The maximum Gasteiger partial charge on any atom is 0.164 e. The van der Waals surface area contributed by atoms with Crippen LogP contribution < -0.4 is 0 Å². The fourth-order valence-corrected chi connectivity index (χ4v) is 18.3. The van der Waals surface area contributed by atoms with Gasteiger partial charge in [0, 0.05) is 84.9 Å². The van der Waals surface area contributed by atoms with Gasteiger partial charge < -0.3 is 0 Å². The van der Waals surface area contributed by atoms with Crippen LogP contribution in [-0.4, -0.2) is 39.9 Å². The summed E-state index contributed by atoms with van der Waals surface area (Å²) in [5.74, 6) is 3.84. The second-order valence-electron chi connectivity index (χ2n) is 25.3. The molecule has 14 aromatic carbocycles. The molecule has 0 aliphatic heterocycles. The molecule has 104 heavy (non-hydrogen) atoms. The van der Waals surface area contributed by atoms with Crippen LogP contribution >= 0.6 is 45.3 Å². The van der Waals surface area contributed by atoms with Crippen molar-refractivity contribution in [2.24, 2.45) is 0 Å². The molecule has 0 amide bonds. The maximum atomic E-state index is 5.22. The number of benzene rings is 14. The van der Waals surface area contributed by atoms with Crippen LogP contribution in [0.3, 0.4) is 0 Å². The number of hydrogen-bond acceptors (Lipinski definition) is 12. The van der Waals surface area contributed by atoms with E-state index in [1.165, 1.54) is 55.7 Å². The average molecular weight is 1400 g/mol. The van der Waals surface area contributed by atoms with Crippen LogP contribution in [0.15, 0.2) is 340 Å². The molecule has 0 fully saturated rings. The first-order valence-corrected chi connectivity index (χ1v) is 37.5. The van der Waals surface area contributed by atoms with Crippen LogP contribution in [0.5, 0.6) is 0 Å². The van der Waals surface area contributed by atoms with Gasteiger partial charge in [0.05, 0.1) is 20.4 Å². The van der Waals surface area contributed by atoms with Crippen LogP contribution in [0.25, 0.3) is 195 Å². The maximum absolute atomic E-state index is 5.22. The van der Waals surface area contributed by atoms with Crippen LogP contribution in [0, 0.1) is 0 Å². The van der Waals surface area contributed by atoms with Crippen LogP contribution in [0.4, 0.5) is 0 Å². The predicted octanol–water partition coefficient (Wildman–Crippen LogP) is 25.7. The van der Waals surface area contributed by atoms with Gasteiger partial charge in [0.15, 0.2) is 34.9 Å². The Kier molecular flexibility index (Phi) is 16.2. The van der Waals surface area contributed by atoms with Gasteiger partial charge in [0.25, 0.3) is 0 Å².